The van der Waals surface area contributed by atoms with Crippen LogP contribution in [0.5, 0.6) is 11.5 Å². The molecule has 0 aromatic heterocycles. The first-order chi connectivity index (χ1) is 9.56. The summed E-state index contributed by atoms with van der Waals surface area (Å²) in [4.78, 5) is 11.8. The van der Waals surface area contributed by atoms with Gasteiger partial charge in [-0.05, 0) is 38.2 Å². The minimum atomic E-state index is -0.0888. The number of carbonyl (C=O) groups is 1. The first-order valence-corrected chi connectivity index (χ1v) is 6.79. The summed E-state index contributed by atoms with van der Waals surface area (Å²) in [5.74, 6) is 1.53. The molecule has 5 nitrogen and oxygen atoms in total. The number of nitrogens with one attached hydrogen (secondary N) is 2. The van der Waals surface area contributed by atoms with Crippen LogP contribution in [0, 0.1) is 5.92 Å². The summed E-state index contributed by atoms with van der Waals surface area (Å²) in [5, 5.41) is 5.86. The number of methoxy groups -OCH3 is 1. The molecule has 2 atom stereocenters. The van der Waals surface area contributed by atoms with Gasteiger partial charge in [0, 0.05) is 12.5 Å². The average Bonchev–Trinajstić information content (AvgIpc) is 2.45. The molecule has 120 valence electrons. The van der Waals surface area contributed by atoms with Crippen LogP contribution in [0.3, 0.4) is 0 Å². The zero-order valence-corrected chi connectivity index (χ0v) is 13.8. The lowest BCUT2D eigenvalue weighted by atomic mass is 10.1. The van der Waals surface area contributed by atoms with Gasteiger partial charge in [-0.15, -0.1) is 12.4 Å². The summed E-state index contributed by atoms with van der Waals surface area (Å²) in [6.45, 7) is 4.96. The SMILES string of the molecule is CNCC(C)C(=O)NCC(C)Oc1ccc(OC)cc1.Cl. The molecule has 6 heteroatoms. The molecule has 1 aromatic rings. The van der Waals surface area contributed by atoms with Gasteiger partial charge in [-0.3, -0.25) is 4.79 Å². The van der Waals surface area contributed by atoms with Crippen LogP contribution in [0.15, 0.2) is 24.3 Å². The van der Waals surface area contributed by atoms with E-state index in [0.29, 0.717) is 13.1 Å². The maximum atomic E-state index is 11.8. The van der Waals surface area contributed by atoms with Gasteiger partial charge in [0.25, 0.3) is 0 Å². The van der Waals surface area contributed by atoms with Crippen molar-refractivity contribution >= 4 is 18.3 Å². The third-order valence-electron chi connectivity index (χ3n) is 2.92. The Morgan fingerprint density at radius 2 is 1.71 bits per heavy atom. The number of hydrogen-bond acceptors (Lipinski definition) is 4. The van der Waals surface area contributed by atoms with E-state index in [1.54, 1.807) is 7.11 Å². The summed E-state index contributed by atoms with van der Waals surface area (Å²) >= 11 is 0. The van der Waals surface area contributed by atoms with Crippen LogP contribution >= 0.6 is 12.4 Å². The van der Waals surface area contributed by atoms with Crippen molar-refractivity contribution < 1.29 is 14.3 Å². The second kappa shape index (κ2) is 10.3. The summed E-state index contributed by atoms with van der Waals surface area (Å²) in [6.07, 6.45) is -0.0888. The second-order valence-electron chi connectivity index (χ2n) is 4.81. The molecule has 0 aliphatic heterocycles. The molecule has 1 amide bonds. The minimum Gasteiger partial charge on any atom is -0.497 e. The second-order valence-corrected chi connectivity index (χ2v) is 4.81. The summed E-state index contributed by atoms with van der Waals surface area (Å²) < 4.78 is 10.8. The summed E-state index contributed by atoms with van der Waals surface area (Å²) in [7, 11) is 3.46. The number of carbonyl (C=O) groups excluding carboxylic acids is 1. The van der Waals surface area contributed by atoms with Gasteiger partial charge in [-0.2, -0.15) is 0 Å². The third kappa shape index (κ3) is 7.20. The molecule has 1 rings (SSSR count). The maximum Gasteiger partial charge on any atom is 0.224 e. The largest absolute Gasteiger partial charge is 0.497 e. The fraction of sp³-hybridized carbons (Fsp3) is 0.533. The van der Waals surface area contributed by atoms with Gasteiger partial charge in [0.15, 0.2) is 0 Å². The van der Waals surface area contributed by atoms with E-state index in [2.05, 4.69) is 10.6 Å². The molecule has 0 aliphatic rings. The average molecular weight is 317 g/mol. The Bertz CT molecular complexity index is 412. The molecule has 0 radical (unpaired) electrons. The molecule has 2 unspecified atom stereocenters. The first kappa shape index (κ1) is 19.5. The Labute approximate surface area is 132 Å². The predicted octanol–water partition coefficient (Wildman–Crippen LogP) is 1.86. The molecule has 1 aromatic carbocycles. The standard InChI is InChI=1S/C15H24N2O3.ClH/c1-11(9-16-3)15(18)17-10-12(2)20-14-7-5-13(19-4)6-8-14;/h5-8,11-12,16H,9-10H2,1-4H3,(H,17,18);1H. The highest BCUT2D eigenvalue weighted by Gasteiger charge is 2.13. The normalized spacial score (nSPS) is 12.8. The van der Waals surface area contributed by atoms with Crippen molar-refractivity contribution in [3.05, 3.63) is 24.3 Å². The van der Waals surface area contributed by atoms with Gasteiger partial charge in [-0.25, -0.2) is 0 Å². The minimum absolute atomic E-state index is 0. The van der Waals surface area contributed by atoms with E-state index in [1.165, 1.54) is 0 Å². The number of amides is 1. The molecule has 2 N–H and O–H groups in total. The van der Waals surface area contributed by atoms with Crippen molar-refractivity contribution in [2.75, 3.05) is 27.2 Å². The van der Waals surface area contributed by atoms with Gasteiger partial charge < -0.3 is 20.1 Å². The molecule has 0 saturated carbocycles. The van der Waals surface area contributed by atoms with Crippen molar-refractivity contribution in [1.29, 1.82) is 0 Å². The molecule has 0 bridgehead atoms. The van der Waals surface area contributed by atoms with Crippen molar-refractivity contribution in [3.63, 3.8) is 0 Å². The lowest BCUT2D eigenvalue weighted by Crippen LogP contribution is -2.39. The van der Waals surface area contributed by atoms with Gasteiger partial charge >= 0.3 is 0 Å². The Morgan fingerprint density at radius 3 is 2.24 bits per heavy atom. The van der Waals surface area contributed by atoms with E-state index in [4.69, 9.17) is 9.47 Å². The van der Waals surface area contributed by atoms with E-state index in [-0.39, 0.29) is 30.3 Å². The third-order valence-corrected chi connectivity index (χ3v) is 2.92. The van der Waals surface area contributed by atoms with Crippen LogP contribution < -0.4 is 20.1 Å². The predicted molar refractivity (Wildman–Crippen MR) is 86.4 cm³/mol. The van der Waals surface area contributed by atoms with Crippen molar-refractivity contribution in [3.8, 4) is 11.5 Å². The highest BCUT2D eigenvalue weighted by molar-refractivity contribution is 5.85. The number of ether oxygens (including phenoxy) is 2. The van der Waals surface area contributed by atoms with Crippen LogP contribution in [-0.2, 0) is 4.79 Å². The molecule has 0 aliphatic carbocycles. The quantitative estimate of drug-likeness (QED) is 0.768. The molecular formula is C15H25ClN2O3. The molecule has 0 saturated heterocycles. The van der Waals surface area contributed by atoms with E-state index >= 15 is 0 Å². The lowest BCUT2D eigenvalue weighted by molar-refractivity contribution is -0.124. The molecule has 0 heterocycles. The van der Waals surface area contributed by atoms with Crippen LogP contribution in [-0.4, -0.2) is 39.3 Å². The van der Waals surface area contributed by atoms with Crippen LogP contribution in [0.1, 0.15) is 13.8 Å². The number of benzene rings is 1. The highest BCUT2D eigenvalue weighted by Crippen LogP contribution is 2.17. The van der Waals surface area contributed by atoms with Gasteiger partial charge in [0.1, 0.15) is 17.6 Å². The fourth-order valence-corrected chi connectivity index (χ4v) is 1.75. The topological polar surface area (TPSA) is 59.6 Å². The lowest BCUT2D eigenvalue weighted by Gasteiger charge is -2.17. The van der Waals surface area contributed by atoms with Crippen molar-refractivity contribution in [2.45, 2.75) is 20.0 Å². The smallest absolute Gasteiger partial charge is 0.224 e. The van der Waals surface area contributed by atoms with Gasteiger partial charge in [-0.1, -0.05) is 6.92 Å². The van der Waals surface area contributed by atoms with E-state index < -0.39 is 0 Å². The van der Waals surface area contributed by atoms with Gasteiger partial charge in [0.2, 0.25) is 5.91 Å². The molecule has 21 heavy (non-hydrogen) atoms. The zero-order chi connectivity index (χ0) is 15.0. The summed E-state index contributed by atoms with van der Waals surface area (Å²) in [6, 6.07) is 7.38. The van der Waals surface area contributed by atoms with E-state index in [0.717, 1.165) is 11.5 Å². The van der Waals surface area contributed by atoms with Crippen molar-refractivity contribution in [2.24, 2.45) is 5.92 Å². The maximum absolute atomic E-state index is 11.8. The Hall–Kier alpha value is -1.46. The Morgan fingerprint density at radius 1 is 1.14 bits per heavy atom. The summed E-state index contributed by atoms with van der Waals surface area (Å²) in [5.41, 5.74) is 0. The Kier molecular flexibility index (Phi) is 9.58. The monoisotopic (exact) mass is 316 g/mol. The van der Waals surface area contributed by atoms with Crippen molar-refractivity contribution in [1.82, 2.24) is 10.6 Å². The highest BCUT2D eigenvalue weighted by atomic mass is 35.5. The van der Waals surface area contributed by atoms with Crippen LogP contribution in [0.4, 0.5) is 0 Å². The Balaban J connectivity index is 0.00000400. The van der Waals surface area contributed by atoms with Crippen LogP contribution in [0.2, 0.25) is 0 Å². The molecule has 0 fully saturated rings. The number of rotatable bonds is 8. The van der Waals surface area contributed by atoms with Crippen LogP contribution in [0.25, 0.3) is 0 Å². The molecular weight excluding hydrogens is 292 g/mol. The van der Waals surface area contributed by atoms with E-state index in [1.807, 2.05) is 45.2 Å². The fourth-order valence-electron chi connectivity index (χ4n) is 1.75. The molecule has 0 spiro atoms. The zero-order valence-electron chi connectivity index (χ0n) is 13.0. The first-order valence-electron chi connectivity index (χ1n) is 6.79. The number of hydrogen-bond donors (Lipinski definition) is 2. The van der Waals surface area contributed by atoms with E-state index in [9.17, 15) is 4.79 Å². The number of halogens is 1. The van der Waals surface area contributed by atoms with Gasteiger partial charge in [0.05, 0.1) is 13.7 Å².